The maximum atomic E-state index is 12.8. The highest BCUT2D eigenvalue weighted by Gasteiger charge is 2.23. The number of ether oxygens (including phenoxy) is 1. The van der Waals surface area contributed by atoms with Gasteiger partial charge >= 0.3 is 11.7 Å². The molecule has 3 N–H and O–H groups in total. The van der Waals surface area contributed by atoms with Gasteiger partial charge in [0.25, 0.3) is 11.5 Å². The fourth-order valence-corrected chi connectivity index (χ4v) is 3.67. The van der Waals surface area contributed by atoms with Gasteiger partial charge < -0.3 is 15.8 Å². The first-order valence-electron chi connectivity index (χ1n) is 11.4. The van der Waals surface area contributed by atoms with Crippen molar-refractivity contribution in [2.45, 2.75) is 33.4 Å². The number of nitrogens with zero attached hydrogens (tertiary/aromatic N) is 2. The maximum Gasteiger partial charge on any atom is 0.332 e. The largest absolute Gasteiger partial charge is 0.457 e. The van der Waals surface area contributed by atoms with Crippen LogP contribution >= 0.6 is 0 Å². The molecule has 10 nitrogen and oxygen atoms in total. The number of nitrogen functional groups attached to an aromatic ring is 1. The van der Waals surface area contributed by atoms with Crippen molar-refractivity contribution in [3.63, 3.8) is 0 Å². The molecular formula is C26H28N4O6. The molecule has 0 spiro atoms. The van der Waals surface area contributed by atoms with E-state index in [9.17, 15) is 24.0 Å². The molecule has 0 saturated heterocycles. The van der Waals surface area contributed by atoms with Crippen molar-refractivity contribution in [1.29, 1.82) is 0 Å². The summed E-state index contributed by atoms with van der Waals surface area (Å²) in [6.45, 7) is 2.78. The second-order valence-electron chi connectivity index (χ2n) is 8.07. The second-order valence-corrected chi connectivity index (χ2v) is 8.07. The molecular weight excluding hydrogens is 464 g/mol. The SMILES string of the molecule is CCn1c(=O)c(C(=O)COC(=O)CCNC(=O)c2ccccc2C)c(N)n(Cc2ccccc2)c1=O. The van der Waals surface area contributed by atoms with Crippen LogP contribution in [0.5, 0.6) is 0 Å². The normalized spacial score (nSPS) is 10.6. The zero-order valence-corrected chi connectivity index (χ0v) is 20.2. The molecule has 0 saturated carbocycles. The predicted octanol–water partition coefficient (Wildman–Crippen LogP) is 1.51. The van der Waals surface area contributed by atoms with Crippen LogP contribution in [0.25, 0.3) is 0 Å². The third-order valence-electron chi connectivity index (χ3n) is 5.61. The molecule has 1 heterocycles. The second kappa shape index (κ2) is 11.8. The Labute approximate surface area is 207 Å². The average Bonchev–Trinajstić information content (AvgIpc) is 2.86. The quantitative estimate of drug-likeness (QED) is 0.323. The van der Waals surface area contributed by atoms with Crippen LogP contribution in [0.2, 0.25) is 0 Å². The number of aromatic nitrogens is 2. The molecule has 3 rings (SSSR count). The van der Waals surface area contributed by atoms with Gasteiger partial charge in [0.15, 0.2) is 6.61 Å². The van der Waals surface area contributed by atoms with E-state index in [0.29, 0.717) is 5.56 Å². The molecule has 0 unspecified atom stereocenters. The van der Waals surface area contributed by atoms with Gasteiger partial charge in [0.1, 0.15) is 11.4 Å². The molecule has 188 valence electrons. The van der Waals surface area contributed by atoms with Crippen molar-refractivity contribution >= 4 is 23.5 Å². The number of amides is 1. The van der Waals surface area contributed by atoms with Gasteiger partial charge in [-0.05, 0) is 31.0 Å². The number of rotatable bonds is 10. The highest BCUT2D eigenvalue weighted by molar-refractivity contribution is 6.01. The van der Waals surface area contributed by atoms with Crippen molar-refractivity contribution < 1.29 is 19.1 Å². The number of anilines is 1. The van der Waals surface area contributed by atoms with Crippen molar-refractivity contribution in [1.82, 2.24) is 14.5 Å². The zero-order chi connectivity index (χ0) is 26.2. The van der Waals surface area contributed by atoms with Crippen LogP contribution in [-0.4, -0.2) is 39.9 Å². The van der Waals surface area contributed by atoms with Gasteiger partial charge in [0.2, 0.25) is 5.78 Å². The summed E-state index contributed by atoms with van der Waals surface area (Å²) in [7, 11) is 0. The Bertz CT molecular complexity index is 1390. The number of aryl methyl sites for hydroxylation is 1. The lowest BCUT2D eigenvalue weighted by Crippen LogP contribution is -2.44. The molecule has 3 aromatic rings. The molecule has 1 amide bonds. The summed E-state index contributed by atoms with van der Waals surface area (Å²) < 4.78 is 7.07. The number of hydrogen-bond acceptors (Lipinski definition) is 7. The van der Waals surface area contributed by atoms with Gasteiger partial charge in [-0.15, -0.1) is 0 Å². The van der Waals surface area contributed by atoms with E-state index in [-0.39, 0.29) is 37.8 Å². The number of Topliss-reactive ketones (excluding diaryl/α,β-unsaturated/α-hetero) is 1. The molecule has 0 radical (unpaired) electrons. The van der Waals surface area contributed by atoms with Gasteiger partial charge in [-0.25, -0.2) is 4.79 Å². The van der Waals surface area contributed by atoms with Gasteiger partial charge in [-0.3, -0.25) is 28.3 Å². The van der Waals surface area contributed by atoms with E-state index in [2.05, 4.69) is 5.32 Å². The van der Waals surface area contributed by atoms with E-state index in [1.165, 1.54) is 0 Å². The number of nitrogens with one attached hydrogen (secondary N) is 1. The first kappa shape index (κ1) is 26.1. The molecule has 36 heavy (non-hydrogen) atoms. The number of nitrogens with two attached hydrogens (primary N) is 1. The van der Waals surface area contributed by atoms with E-state index in [0.717, 1.165) is 20.3 Å². The fourth-order valence-electron chi connectivity index (χ4n) is 3.67. The van der Waals surface area contributed by atoms with Crippen LogP contribution in [0, 0.1) is 6.92 Å². The standard InChI is InChI=1S/C26H28N4O6/c1-3-29-25(34)22(23(27)30(26(29)35)15-18-10-5-4-6-11-18)20(31)16-36-21(32)13-14-28-24(33)19-12-8-7-9-17(19)2/h4-12H,3,13-16,27H2,1-2H3,(H,28,33). The minimum Gasteiger partial charge on any atom is -0.457 e. The van der Waals surface area contributed by atoms with E-state index < -0.39 is 35.2 Å². The molecule has 0 aliphatic heterocycles. The highest BCUT2D eigenvalue weighted by atomic mass is 16.5. The van der Waals surface area contributed by atoms with Gasteiger partial charge in [0.05, 0.1) is 13.0 Å². The summed E-state index contributed by atoms with van der Waals surface area (Å²) in [6.07, 6.45) is -0.174. The van der Waals surface area contributed by atoms with Crippen LogP contribution < -0.4 is 22.3 Å². The lowest BCUT2D eigenvalue weighted by Gasteiger charge is -2.16. The van der Waals surface area contributed by atoms with Crippen LogP contribution in [-0.2, 0) is 22.6 Å². The molecule has 1 aromatic heterocycles. The molecule has 0 fully saturated rings. The van der Waals surface area contributed by atoms with Crippen LogP contribution in [0.15, 0.2) is 64.2 Å². The maximum absolute atomic E-state index is 12.8. The van der Waals surface area contributed by atoms with E-state index in [1.54, 1.807) is 56.3 Å². The Morgan fingerprint density at radius 2 is 1.64 bits per heavy atom. The Hall–Kier alpha value is -4.47. The number of carbonyl (C=O) groups excluding carboxylic acids is 3. The molecule has 0 bridgehead atoms. The van der Waals surface area contributed by atoms with Gasteiger partial charge in [-0.1, -0.05) is 48.5 Å². The van der Waals surface area contributed by atoms with Crippen molar-refractivity contribution in [2.24, 2.45) is 0 Å². The fraction of sp³-hybridized carbons (Fsp3) is 0.269. The van der Waals surface area contributed by atoms with Gasteiger partial charge in [0, 0.05) is 18.7 Å². The Morgan fingerprint density at radius 3 is 2.31 bits per heavy atom. The van der Waals surface area contributed by atoms with Gasteiger partial charge in [-0.2, -0.15) is 0 Å². The summed E-state index contributed by atoms with van der Waals surface area (Å²) in [4.78, 5) is 62.8. The Kier molecular flexibility index (Phi) is 8.56. The summed E-state index contributed by atoms with van der Waals surface area (Å²) >= 11 is 0. The third-order valence-corrected chi connectivity index (χ3v) is 5.61. The number of esters is 1. The summed E-state index contributed by atoms with van der Waals surface area (Å²) in [5, 5.41) is 2.62. The molecule has 2 aromatic carbocycles. The summed E-state index contributed by atoms with van der Waals surface area (Å²) in [6, 6.07) is 16.0. The Balaban J connectivity index is 1.67. The monoisotopic (exact) mass is 492 g/mol. The van der Waals surface area contributed by atoms with Crippen LogP contribution in [0.3, 0.4) is 0 Å². The average molecular weight is 493 g/mol. The minimum absolute atomic E-state index is 0.00687. The first-order valence-corrected chi connectivity index (χ1v) is 11.4. The molecule has 0 aliphatic carbocycles. The molecule has 10 heteroatoms. The lowest BCUT2D eigenvalue weighted by molar-refractivity contribution is -0.142. The third kappa shape index (κ3) is 5.96. The van der Waals surface area contributed by atoms with Crippen molar-refractivity contribution in [3.05, 3.63) is 97.7 Å². The zero-order valence-electron chi connectivity index (χ0n) is 20.2. The highest BCUT2D eigenvalue weighted by Crippen LogP contribution is 2.10. The number of hydrogen-bond donors (Lipinski definition) is 2. The van der Waals surface area contributed by atoms with Crippen LogP contribution in [0.1, 0.15) is 45.2 Å². The number of ketones is 1. The van der Waals surface area contributed by atoms with Crippen molar-refractivity contribution in [3.8, 4) is 0 Å². The number of benzene rings is 2. The van der Waals surface area contributed by atoms with E-state index in [1.807, 2.05) is 12.1 Å². The topological polar surface area (TPSA) is 142 Å². The molecule has 0 aliphatic rings. The smallest absolute Gasteiger partial charge is 0.332 e. The van der Waals surface area contributed by atoms with Crippen LogP contribution in [0.4, 0.5) is 5.82 Å². The summed E-state index contributed by atoms with van der Waals surface area (Å²) in [5.74, 6) is -2.17. The van der Waals surface area contributed by atoms with E-state index in [4.69, 9.17) is 10.5 Å². The summed E-state index contributed by atoms with van der Waals surface area (Å²) in [5.41, 5.74) is 6.25. The lowest BCUT2D eigenvalue weighted by atomic mass is 10.1. The Morgan fingerprint density at radius 1 is 0.972 bits per heavy atom. The van der Waals surface area contributed by atoms with E-state index >= 15 is 0 Å². The number of carbonyl (C=O) groups is 3. The van der Waals surface area contributed by atoms with Crippen molar-refractivity contribution in [2.75, 3.05) is 18.9 Å². The first-order chi connectivity index (χ1) is 17.2. The predicted molar refractivity (Wildman–Crippen MR) is 134 cm³/mol. The molecule has 0 atom stereocenters. The minimum atomic E-state index is -0.837.